The number of hydrogen-bond donors (Lipinski definition) is 2. The maximum Gasteiger partial charge on any atom is 0.251 e. The molecule has 2 N–H and O–H groups in total. The van der Waals surface area contributed by atoms with Crippen LogP contribution < -0.4 is 5.32 Å². The van der Waals surface area contributed by atoms with Crippen LogP contribution in [0.5, 0.6) is 0 Å². The average Bonchev–Trinajstić information content (AvgIpc) is 2.62. The van der Waals surface area contributed by atoms with E-state index in [0.29, 0.717) is 5.56 Å². The lowest BCUT2D eigenvalue weighted by atomic mass is 10.1. The molecule has 0 aliphatic rings. The van der Waals surface area contributed by atoms with E-state index in [-0.39, 0.29) is 11.9 Å². The van der Waals surface area contributed by atoms with Crippen molar-refractivity contribution in [2.75, 3.05) is 0 Å². The highest BCUT2D eigenvalue weighted by atomic mass is 16.1. The summed E-state index contributed by atoms with van der Waals surface area (Å²) in [5.74, 6) is -0.0203. The highest BCUT2D eigenvalue weighted by Crippen LogP contribution is 2.14. The van der Waals surface area contributed by atoms with Gasteiger partial charge in [-0.1, -0.05) is 0 Å². The van der Waals surface area contributed by atoms with Gasteiger partial charge in [0.2, 0.25) is 0 Å². The van der Waals surface area contributed by atoms with E-state index in [0.717, 1.165) is 10.9 Å². The fourth-order valence-electron chi connectivity index (χ4n) is 1.54. The Morgan fingerprint density at radius 3 is 2.87 bits per heavy atom. The van der Waals surface area contributed by atoms with Gasteiger partial charge in [0.15, 0.2) is 0 Å². The lowest BCUT2D eigenvalue weighted by Gasteiger charge is -2.07. The molecule has 1 heterocycles. The molecule has 0 radical (unpaired) electrons. The predicted octanol–water partition coefficient (Wildman–Crippen LogP) is 2.31. The lowest BCUT2D eigenvalue weighted by Crippen LogP contribution is -2.29. The summed E-state index contributed by atoms with van der Waals surface area (Å²) in [6.45, 7) is 3.90. The molecular formula is C12H14N2O. The number of hydrogen-bond acceptors (Lipinski definition) is 1. The van der Waals surface area contributed by atoms with Crippen LogP contribution in [0.1, 0.15) is 24.2 Å². The first kappa shape index (κ1) is 9.77. The van der Waals surface area contributed by atoms with E-state index in [9.17, 15) is 4.79 Å². The van der Waals surface area contributed by atoms with Crippen molar-refractivity contribution in [3.05, 3.63) is 36.0 Å². The summed E-state index contributed by atoms with van der Waals surface area (Å²) in [6.07, 6.45) is 1.87. The van der Waals surface area contributed by atoms with Gasteiger partial charge in [0.05, 0.1) is 0 Å². The van der Waals surface area contributed by atoms with Crippen molar-refractivity contribution >= 4 is 16.8 Å². The second-order valence-corrected chi connectivity index (χ2v) is 3.91. The molecule has 2 rings (SSSR count). The second-order valence-electron chi connectivity index (χ2n) is 3.91. The fraction of sp³-hybridized carbons (Fsp3) is 0.250. The predicted molar refractivity (Wildman–Crippen MR) is 60.9 cm³/mol. The maximum atomic E-state index is 11.7. The second kappa shape index (κ2) is 3.77. The number of H-pyrrole nitrogens is 1. The van der Waals surface area contributed by atoms with Crippen LogP contribution in [0.4, 0.5) is 0 Å². The van der Waals surface area contributed by atoms with Crippen LogP contribution in [0.25, 0.3) is 10.9 Å². The molecular weight excluding hydrogens is 188 g/mol. The topological polar surface area (TPSA) is 44.9 Å². The van der Waals surface area contributed by atoms with Gasteiger partial charge in [-0.15, -0.1) is 0 Å². The third kappa shape index (κ3) is 2.01. The van der Waals surface area contributed by atoms with Gasteiger partial charge in [-0.25, -0.2) is 0 Å². The van der Waals surface area contributed by atoms with E-state index in [1.807, 2.05) is 44.3 Å². The monoisotopic (exact) mass is 202 g/mol. The normalized spacial score (nSPS) is 10.9. The number of benzene rings is 1. The standard InChI is InChI=1S/C12H14N2O/c1-8(2)14-12(15)10-3-4-11-9(7-10)5-6-13-11/h3-8,13H,1-2H3,(H,14,15). The Morgan fingerprint density at radius 2 is 2.13 bits per heavy atom. The van der Waals surface area contributed by atoms with Gasteiger partial charge in [-0.05, 0) is 38.1 Å². The van der Waals surface area contributed by atoms with Crippen LogP contribution in [-0.4, -0.2) is 16.9 Å². The molecule has 0 atom stereocenters. The Bertz CT molecular complexity index is 485. The largest absolute Gasteiger partial charge is 0.361 e. The zero-order valence-electron chi connectivity index (χ0n) is 8.87. The molecule has 0 bridgehead atoms. The minimum Gasteiger partial charge on any atom is -0.361 e. The van der Waals surface area contributed by atoms with Crippen molar-refractivity contribution in [1.82, 2.24) is 10.3 Å². The Labute approximate surface area is 88.5 Å². The summed E-state index contributed by atoms with van der Waals surface area (Å²) < 4.78 is 0. The molecule has 1 aromatic heterocycles. The summed E-state index contributed by atoms with van der Waals surface area (Å²) in [5.41, 5.74) is 1.76. The van der Waals surface area contributed by atoms with Crippen LogP contribution in [0.15, 0.2) is 30.5 Å². The van der Waals surface area contributed by atoms with E-state index in [1.165, 1.54) is 0 Å². The molecule has 1 amide bonds. The average molecular weight is 202 g/mol. The number of aromatic nitrogens is 1. The molecule has 0 saturated carbocycles. The third-order valence-corrected chi connectivity index (χ3v) is 2.24. The van der Waals surface area contributed by atoms with Crippen molar-refractivity contribution in [3.8, 4) is 0 Å². The number of amides is 1. The molecule has 78 valence electrons. The van der Waals surface area contributed by atoms with Gasteiger partial charge in [-0.2, -0.15) is 0 Å². The molecule has 15 heavy (non-hydrogen) atoms. The molecule has 0 spiro atoms. The first-order chi connectivity index (χ1) is 7.16. The number of carbonyl (C=O) groups is 1. The first-order valence-corrected chi connectivity index (χ1v) is 5.05. The molecule has 0 saturated heterocycles. The van der Waals surface area contributed by atoms with Gasteiger partial charge >= 0.3 is 0 Å². The van der Waals surface area contributed by atoms with E-state index in [1.54, 1.807) is 0 Å². The lowest BCUT2D eigenvalue weighted by molar-refractivity contribution is 0.0943. The number of fused-ring (bicyclic) bond motifs is 1. The quantitative estimate of drug-likeness (QED) is 0.771. The van der Waals surface area contributed by atoms with E-state index in [4.69, 9.17) is 0 Å². The maximum absolute atomic E-state index is 11.7. The van der Waals surface area contributed by atoms with Crippen molar-refractivity contribution in [2.24, 2.45) is 0 Å². The van der Waals surface area contributed by atoms with Gasteiger partial charge in [0, 0.05) is 28.7 Å². The molecule has 0 aliphatic carbocycles. The first-order valence-electron chi connectivity index (χ1n) is 5.05. The van der Waals surface area contributed by atoms with Crippen molar-refractivity contribution < 1.29 is 4.79 Å². The minimum atomic E-state index is -0.0203. The number of nitrogens with one attached hydrogen (secondary N) is 2. The highest BCUT2D eigenvalue weighted by Gasteiger charge is 2.07. The molecule has 3 nitrogen and oxygen atoms in total. The summed E-state index contributed by atoms with van der Waals surface area (Å²) in [4.78, 5) is 14.8. The van der Waals surface area contributed by atoms with Gasteiger partial charge in [-0.3, -0.25) is 4.79 Å². The van der Waals surface area contributed by atoms with Crippen LogP contribution in [0.3, 0.4) is 0 Å². The molecule has 3 heteroatoms. The van der Waals surface area contributed by atoms with Crippen LogP contribution in [-0.2, 0) is 0 Å². The third-order valence-electron chi connectivity index (χ3n) is 2.24. The Hall–Kier alpha value is -1.77. The molecule has 0 fully saturated rings. The highest BCUT2D eigenvalue weighted by molar-refractivity contribution is 5.98. The Balaban J connectivity index is 2.31. The van der Waals surface area contributed by atoms with Crippen molar-refractivity contribution in [1.29, 1.82) is 0 Å². The molecule has 0 aliphatic heterocycles. The summed E-state index contributed by atoms with van der Waals surface area (Å²) in [7, 11) is 0. The van der Waals surface area contributed by atoms with Gasteiger partial charge in [0.25, 0.3) is 5.91 Å². The molecule has 1 aromatic carbocycles. The zero-order chi connectivity index (χ0) is 10.8. The minimum absolute atomic E-state index is 0.0203. The van der Waals surface area contributed by atoms with Gasteiger partial charge < -0.3 is 10.3 Å². The van der Waals surface area contributed by atoms with Crippen molar-refractivity contribution in [3.63, 3.8) is 0 Å². The summed E-state index contributed by atoms with van der Waals surface area (Å²) in [6, 6.07) is 7.77. The zero-order valence-corrected chi connectivity index (χ0v) is 8.87. The number of aromatic amines is 1. The van der Waals surface area contributed by atoms with E-state index in [2.05, 4.69) is 10.3 Å². The van der Waals surface area contributed by atoms with Crippen LogP contribution in [0.2, 0.25) is 0 Å². The van der Waals surface area contributed by atoms with Crippen molar-refractivity contribution in [2.45, 2.75) is 19.9 Å². The Kier molecular flexibility index (Phi) is 2.46. The summed E-state index contributed by atoms with van der Waals surface area (Å²) >= 11 is 0. The van der Waals surface area contributed by atoms with E-state index < -0.39 is 0 Å². The number of carbonyl (C=O) groups excluding carboxylic acids is 1. The molecule has 2 aromatic rings. The number of rotatable bonds is 2. The van der Waals surface area contributed by atoms with Crippen LogP contribution >= 0.6 is 0 Å². The fourth-order valence-corrected chi connectivity index (χ4v) is 1.54. The van der Waals surface area contributed by atoms with Crippen LogP contribution in [0, 0.1) is 0 Å². The summed E-state index contributed by atoms with van der Waals surface area (Å²) in [5, 5.41) is 3.93. The van der Waals surface area contributed by atoms with Gasteiger partial charge in [0.1, 0.15) is 0 Å². The molecule has 0 unspecified atom stereocenters. The smallest absolute Gasteiger partial charge is 0.251 e. The Morgan fingerprint density at radius 1 is 1.33 bits per heavy atom. The van der Waals surface area contributed by atoms with E-state index >= 15 is 0 Å². The SMILES string of the molecule is CC(C)NC(=O)c1ccc2[nH]ccc2c1.